The Kier molecular flexibility index (Phi) is 4.31. The molecule has 3 heterocycles. The average molecular weight is 435 g/mol. The molecule has 6 aromatic rings. The topological polar surface area (TPSA) is 25.8 Å². The summed E-state index contributed by atoms with van der Waals surface area (Å²) in [5.74, 6) is 0. The van der Waals surface area contributed by atoms with Crippen LogP contribution in [0.5, 0.6) is 0 Å². The van der Waals surface area contributed by atoms with Crippen LogP contribution in [0.2, 0.25) is 0 Å². The largest absolute Gasteiger partial charge is 0.252 e. The molecule has 2 heteroatoms. The first-order valence-electron chi connectivity index (χ1n) is 11.8. The second-order valence-electron chi connectivity index (χ2n) is 9.09. The van der Waals surface area contributed by atoms with E-state index in [1.165, 1.54) is 32.7 Å². The molecule has 1 aliphatic rings. The SMILES string of the molecule is c1cc2nc(c1)-c1cc(c3ccccc3c1)Cc1cccc(n1)-c1cc(c3ccccc3c1)C2. The van der Waals surface area contributed by atoms with Gasteiger partial charge in [-0.1, -0.05) is 60.7 Å². The fourth-order valence-electron chi connectivity index (χ4n) is 5.24. The van der Waals surface area contributed by atoms with Gasteiger partial charge in [0.25, 0.3) is 0 Å². The molecule has 0 unspecified atom stereocenters. The molecular weight excluding hydrogens is 412 g/mol. The van der Waals surface area contributed by atoms with Crippen LogP contribution in [0.15, 0.2) is 109 Å². The van der Waals surface area contributed by atoms with E-state index in [2.05, 4.69) is 109 Å². The second-order valence-corrected chi connectivity index (χ2v) is 9.09. The van der Waals surface area contributed by atoms with Gasteiger partial charge in [0.1, 0.15) is 0 Å². The van der Waals surface area contributed by atoms with Gasteiger partial charge in [-0.25, -0.2) is 0 Å². The lowest BCUT2D eigenvalue weighted by Crippen LogP contribution is -2.00. The van der Waals surface area contributed by atoms with Crippen molar-refractivity contribution >= 4 is 21.5 Å². The van der Waals surface area contributed by atoms with Gasteiger partial charge in [0.05, 0.1) is 11.4 Å². The van der Waals surface area contributed by atoms with Crippen molar-refractivity contribution in [3.63, 3.8) is 0 Å². The zero-order valence-electron chi connectivity index (χ0n) is 18.7. The molecule has 8 bridgehead atoms. The Balaban J connectivity index is 1.53. The summed E-state index contributed by atoms with van der Waals surface area (Å²) in [6.45, 7) is 0. The number of rotatable bonds is 0. The summed E-state index contributed by atoms with van der Waals surface area (Å²) in [4.78, 5) is 10.2. The molecule has 0 aliphatic carbocycles. The van der Waals surface area contributed by atoms with Crippen molar-refractivity contribution in [2.45, 2.75) is 12.8 Å². The second kappa shape index (κ2) is 7.64. The minimum Gasteiger partial charge on any atom is -0.252 e. The zero-order valence-corrected chi connectivity index (χ0v) is 18.7. The van der Waals surface area contributed by atoms with Crippen LogP contribution in [0.3, 0.4) is 0 Å². The highest BCUT2D eigenvalue weighted by molar-refractivity contribution is 5.91. The van der Waals surface area contributed by atoms with Crippen molar-refractivity contribution < 1.29 is 0 Å². The Morgan fingerprint density at radius 3 is 1.41 bits per heavy atom. The molecule has 2 aromatic heterocycles. The number of fused-ring (bicyclic) bond motifs is 14. The molecule has 7 rings (SSSR count). The summed E-state index contributed by atoms with van der Waals surface area (Å²) >= 11 is 0. The lowest BCUT2D eigenvalue weighted by molar-refractivity contribution is 1.07. The predicted molar refractivity (Wildman–Crippen MR) is 140 cm³/mol. The van der Waals surface area contributed by atoms with Crippen LogP contribution in [-0.2, 0) is 12.8 Å². The number of benzene rings is 4. The van der Waals surface area contributed by atoms with Crippen LogP contribution >= 0.6 is 0 Å². The first-order chi connectivity index (χ1) is 16.8. The van der Waals surface area contributed by atoms with E-state index in [0.717, 1.165) is 46.7 Å². The molecule has 0 amide bonds. The van der Waals surface area contributed by atoms with Crippen molar-refractivity contribution in [2.75, 3.05) is 0 Å². The summed E-state index contributed by atoms with van der Waals surface area (Å²) in [5, 5.41) is 5.02. The van der Waals surface area contributed by atoms with Crippen LogP contribution in [0.1, 0.15) is 22.5 Å². The van der Waals surface area contributed by atoms with E-state index >= 15 is 0 Å². The number of hydrogen-bond donors (Lipinski definition) is 0. The van der Waals surface area contributed by atoms with E-state index in [9.17, 15) is 0 Å². The Morgan fingerprint density at radius 2 is 0.912 bits per heavy atom. The molecular formula is C32H22N2. The van der Waals surface area contributed by atoms with E-state index in [4.69, 9.17) is 9.97 Å². The Morgan fingerprint density at radius 1 is 0.441 bits per heavy atom. The minimum atomic E-state index is 0.780. The highest BCUT2D eigenvalue weighted by atomic mass is 14.7. The van der Waals surface area contributed by atoms with Crippen molar-refractivity contribution in [3.8, 4) is 22.5 Å². The molecule has 0 N–H and O–H groups in total. The van der Waals surface area contributed by atoms with Gasteiger partial charge in [-0.2, -0.15) is 0 Å². The number of nitrogens with zero attached hydrogens (tertiary/aromatic N) is 2. The molecule has 4 aromatic carbocycles. The van der Waals surface area contributed by atoms with Crippen LogP contribution in [0.25, 0.3) is 44.1 Å². The summed E-state index contributed by atoms with van der Waals surface area (Å²) in [6, 6.07) is 39.1. The van der Waals surface area contributed by atoms with E-state index in [1.54, 1.807) is 0 Å². The molecule has 0 radical (unpaired) electrons. The van der Waals surface area contributed by atoms with Crippen LogP contribution in [-0.4, -0.2) is 9.97 Å². The quantitative estimate of drug-likeness (QED) is 0.245. The number of hydrogen-bond acceptors (Lipinski definition) is 2. The van der Waals surface area contributed by atoms with Gasteiger partial charge in [0.15, 0.2) is 0 Å². The summed E-state index contributed by atoms with van der Waals surface area (Å²) < 4.78 is 0. The highest BCUT2D eigenvalue weighted by Crippen LogP contribution is 2.32. The first kappa shape index (κ1) is 19.2. The standard InChI is InChI=1S/C32H22N2/c1-3-11-29-21(7-1)15-25-17-23(29)19-27-9-6-14-32(34-27)26-16-22-8-2-4-12-30(22)24(18-26)20-28-10-5-13-31(25)33-28/h1-18H,19-20H2. The normalized spacial score (nSPS) is 12.5. The molecule has 0 saturated carbocycles. The number of aromatic nitrogens is 2. The van der Waals surface area contributed by atoms with Crippen molar-refractivity contribution in [1.29, 1.82) is 0 Å². The average Bonchev–Trinajstić information content (AvgIpc) is 2.88. The Hall–Kier alpha value is -4.30. The van der Waals surface area contributed by atoms with Crippen LogP contribution in [0.4, 0.5) is 0 Å². The maximum atomic E-state index is 5.11. The maximum Gasteiger partial charge on any atom is 0.0705 e. The summed E-state index contributed by atoms with van der Waals surface area (Å²) in [6.07, 6.45) is 1.56. The van der Waals surface area contributed by atoms with Crippen LogP contribution in [0, 0.1) is 0 Å². The van der Waals surface area contributed by atoms with Crippen molar-refractivity contribution in [2.24, 2.45) is 0 Å². The van der Waals surface area contributed by atoms with Gasteiger partial charge in [-0.05, 0) is 81.2 Å². The lowest BCUT2D eigenvalue weighted by atomic mass is 9.94. The molecule has 2 nitrogen and oxygen atoms in total. The minimum absolute atomic E-state index is 0.780. The number of pyridine rings is 2. The molecule has 0 saturated heterocycles. The van der Waals surface area contributed by atoms with E-state index in [1.807, 2.05) is 0 Å². The Labute approximate surface area is 198 Å². The third kappa shape index (κ3) is 3.27. The third-order valence-electron chi connectivity index (χ3n) is 6.84. The fourth-order valence-corrected chi connectivity index (χ4v) is 5.24. The Bertz CT molecular complexity index is 1590. The monoisotopic (exact) mass is 434 g/mol. The lowest BCUT2D eigenvalue weighted by Gasteiger charge is -2.15. The van der Waals surface area contributed by atoms with E-state index in [-0.39, 0.29) is 0 Å². The third-order valence-corrected chi connectivity index (χ3v) is 6.84. The first-order valence-corrected chi connectivity index (χ1v) is 11.8. The molecule has 1 aliphatic heterocycles. The summed E-state index contributed by atoms with van der Waals surface area (Å²) in [7, 11) is 0. The van der Waals surface area contributed by atoms with Gasteiger partial charge >= 0.3 is 0 Å². The van der Waals surface area contributed by atoms with Gasteiger partial charge < -0.3 is 0 Å². The highest BCUT2D eigenvalue weighted by Gasteiger charge is 2.13. The van der Waals surface area contributed by atoms with Crippen LogP contribution < -0.4 is 0 Å². The molecule has 160 valence electrons. The maximum absolute atomic E-state index is 5.11. The molecule has 34 heavy (non-hydrogen) atoms. The molecule has 0 fully saturated rings. The van der Waals surface area contributed by atoms with Crippen molar-refractivity contribution in [1.82, 2.24) is 9.97 Å². The van der Waals surface area contributed by atoms with Crippen molar-refractivity contribution in [3.05, 3.63) is 132 Å². The fraction of sp³-hybridized carbons (Fsp3) is 0.0625. The van der Waals surface area contributed by atoms with Gasteiger partial charge in [-0.15, -0.1) is 0 Å². The van der Waals surface area contributed by atoms with Gasteiger partial charge in [0.2, 0.25) is 0 Å². The molecule has 0 atom stereocenters. The van der Waals surface area contributed by atoms with E-state index in [0.29, 0.717) is 0 Å². The van der Waals surface area contributed by atoms with E-state index < -0.39 is 0 Å². The molecule has 0 spiro atoms. The summed E-state index contributed by atoms with van der Waals surface area (Å²) in [5.41, 5.74) is 9.06. The smallest absolute Gasteiger partial charge is 0.0705 e. The zero-order chi connectivity index (χ0) is 22.5. The predicted octanol–water partition coefficient (Wildman–Crippen LogP) is 7.61. The van der Waals surface area contributed by atoms with Gasteiger partial charge in [-0.3, -0.25) is 9.97 Å². The van der Waals surface area contributed by atoms with Gasteiger partial charge in [0, 0.05) is 35.4 Å².